The molecule has 7 heteroatoms. The van der Waals surface area contributed by atoms with E-state index in [1.54, 1.807) is 6.20 Å². The van der Waals surface area contributed by atoms with Crippen molar-refractivity contribution in [1.82, 2.24) is 14.5 Å². The van der Waals surface area contributed by atoms with Crippen molar-refractivity contribution < 1.29 is 9.90 Å². The molecular formula is C13H14BrN3O2S. The van der Waals surface area contributed by atoms with Crippen molar-refractivity contribution in [3.63, 3.8) is 0 Å². The molecule has 1 unspecified atom stereocenters. The minimum atomic E-state index is -0.835. The monoisotopic (exact) mass is 355 g/mol. The van der Waals surface area contributed by atoms with Crippen LogP contribution < -0.4 is 0 Å². The van der Waals surface area contributed by atoms with Gasteiger partial charge in [-0.2, -0.15) is 0 Å². The lowest BCUT2D eigenvalue weighted by atomic mass is 10.2. The van der Waals surface area contributed by atoms with E-state index in [2.05, 4.69) is 44.3 Å². The van der Waals surface area contributed by atoms with Gasteiger partial charge < -0.3 is 5.11 Å². The molecule has 3 rings (SSSR count). The summed E-state index contributed by atoms with van der Waals surface area (Å²) < 4.78 is 2.97. The van der Waals surface area contributed by atoms with Gasteiger partial charge in [0.15, 0.2) is 10.8 Å². The molecule has 1 N–H and O–H groups in total. The van der Waals surface area contributed by atoms with Crippen LogP contribution in [0.15, 0.2) is 21.9 Å². The fourth-order valence-corrected chi connectivity index (χ4v) is 3.41. The van der Waals surface area contributed by atoms with E-state index in [0.717, 1.165) is 27.2 Å². The van der Waals surface area contributed by atoms with Gasteiger partial charge in [0.25, 0.3) is 0 Å². The Bertz CT molecular complexity index is 698. The Morgan fingerprint density at radius 2 is 2.35 bits per heavy atom. The van der Waals surface area contributed by atoms with Crippen molar-refractivity contribution in [2.75, 3.05) is 5.75 Å². The number of pyridine rings is 1. The molecule has 0 amide bonds. The van der Waals surface area contributed by atoms with Crippen molar-refractivity contribution in [3.8, 4) is 0 Å². The second-order valence-electron chi connectivity index (χ2n) is 5.65. The van der Waals surface area contributed by atoms with Gasteiger partial charge in [-0.1, -0.05) is 25.6 Å². The largest absolute Gasteiger partial charge is 0.481 e. The fourth-order valence-electron chi connectivity index (χ4n) is 2.33. The Morgan fingerprint density at radius 1 is 1.65 bits per heavy atom. The van der Waals surface area contributed by atoms with Crippen LogP contribution in [0.5, 0.6) is 0 Å². The maximum atomic E-state index is 10.8. The van der Waals surface area contributed by atoms with Crippen molar-refractivity contribution in [2.24, 2.45) is 5.41 Å². The first kappa shape index (κ1) is 13.9. The Hall–Kier alpha value is -1.08. The van der Waals surface area contributed by atoms with Crippen LogP contribution in [0, 0.1) is 5.41 Å². The summed E-state index contributed by atoms with van der Waals surface area (Å²) in [6.07, 6.45) is 2.82. The standard InChI is InChI=1S/C13H14BrN3O2S/c1-13(2)4-9(13)17-11-8(3-7(14)5-15-11)16-12(17)20-6-10(18)19/h3,5,9H,4,6H2,1-2H3,(H,18,19). The number of aromatic nitrogens is 3. The van der Waals surface area contributed by atoms with Gasteiger partial charge in [0.2, 0.25) is 0 Å². The van der Waals surface area contributed by atoms with Crippen LogP contribution in [0.1, 0.15) is 26.3 Å². The maximum Gasteiger partial charge on any atom is 0.313 e. The summed E-state index contributed by atoms with van der Waals surface area (Å²) in [6.45, 7) is 4.40. The second-order valence-corrected chi connectivity index (χ2v) is 7.51. The highest BCUT2D eigenvalue weighted by molar-refractivity contribution is 9.10. The molecule has 0 aliphatic heterocycles. The molecule has 0 radical (unpaired) electrons. The topological polar surface area (TPSA) is 68.0 Å². The Balaban J connectivity index is 2.07. The summed E-state index contributed by atoms with van der Waals surface area (Å²) in [7, 11) is 0. The highest BCUT2D eigenvalue weighted by atomic mass is 79.9. The summed E-state index contributed by atoms with van der Waals surface area (Å²) in [5.41, 5.74) is 1.85. The van der Waals surface area contributed by atoms with Crippen LogP contribution >= 0.6 is 27.7 Å². The number of nitrogens with zero attached hydrogens (tertiary/aromatic N) is 3. The third kappa shape index (κ3) is 2.44. The highest BCUT2D eigenvalue weighted by Gasteiger charge is 2.48. The molecule has 20 heavy (non-hydrogen) atoms. The zero-order chi connectivity index (χ0) is 14.5. The van der Waals surface area contributed by atoms with E-state index in [4.69, 9.17) is 5.11 Å². The molecule has 106 valence electrons. The molecule has 2 heterocycles. The lowest BCUT2D eigenvalue weighted by molar-refractivity contribution is -0.133. The number of halogens is 1. The molecule has 1 saturated carbocycles. The zero-order valence-corrected chi connectivity index (χ0v) is 13.5. The van der Waals surface area contributed by atoms with E-state index in [9.17, 15) is 4.79 Å². The van der Waals surface area contributed by atoms with E-state index in [-0.39, 0.29) is 11.2 Å². The lowest BCUT2D eigenvalue weighted by Crippen LogP contribution is -2.05. The van der Waals surface area contributed by atoms with Gasteiger partial charge >= 0.3 is 5.97 Å². The second kappa shape index (κ2) is 4.73. The summed E-state index contributed by atoms with van der Waals surface area (Å²) in [6, 6.07) is 2.26. The summed E-state index contributed by atoms with van der Waals surface area (Å²) in [4.78, 5) is 19.8. The Labute approximate surface area is 128 Å². The minimum Gasteiger partial charge on any atom is -0.481 e. The van der Waals surface area contributed by atoms with E-state index >= 15 is 0 Å². The molecule has 0 aromatic carbocycles. The minimum absolute atomic E-state index is 0.0115. The molecular weight excluding hydrogens is 342 g/mol. The quantitative estimate of drug-likeness (QED) is 0.851. The number of rotatable bonds is 4. The first-order valence-corrected chi connectivity index (χ1v) is 8.04. The molecule has 5 nitrogen and oxygen atoms in total. The van der Waals surface area contributed by atoms with Crippen molar-refractivity contribution in [1.29, 1.82) is 0 Å². The van der Waals surface area contributed by atoms with Gasteiger partial charge in [0.05, 0.1) is 5.75 Å². The number of aliphatic carboxylic acids is 1. The van der Waals surface area contributed by atoms with Crippen LogP contribution in [-0.2, 0) is 4.79 Å². The molecule has 1 fully saturated rings. The Kier molecular flexibility index (Phi) is 3.29. The van der Waals surface area contributed by atoms with Gasteiger partial charge in [-0.05, 0) is 33.8 Å². The molecule has 1 atom stereocenters. The van der Waals surface area contributed by atoms with E-state index < -0.39 is 5.97 Å². The predicted molar refractivity (Wildman–Crippen MR) is 81.0 cm³/mol. The zero-order valence-electron chi connectivity index (χ0n) is 11.1. The SMILES string of the molecule is CC1(C)CC1n1c(SCC(=O)O)nc2cc(Br)cnc21. The normalized spacial score (nSPS) is 20.2. The molecule has 2 aromatic rings. The van der Waals surface area contributed by atoms with Crippen LogP contribution in [0.25, 0.3) is 11.2 Å². The third-order valence-electron chi connectivity index (χ3n) is 3.56. The van der Waals surface area contributed by atoms with Crippen LogP contribution in [-0.4, -0.2) is 31.4 Å². The molecule has 2 aromatic heterocycles. The average molecular weight is 356 g/mol. The number of carboxylic acids is 1. The predicted octanol–water partition coefficient (Wildman–Crippen LogP) is 3.34. The highest BCUT2D eigenvalue weighted by Crippen LogP contribution is 2.57. The molecule has 0 saturated heterocycles. The van der Waals surface area contributed by atoms with Gasteiger partial charge in [0.1, 0.15) is 5.52 Å². The van der Waals surface area contributed by atoms with Crippen LogP contribution in [0.2, 0.25) is 0 Å². The maximum absolute atomic E-state index is 10.8. The van der Waals surface area contributed by atoms with Crippen molar-refractivity contribution >= 4 is 44.8 Å². The van der Waals surface area contributed by atoms with E-state index in [1.807, 2.05) is 6.07 Å². The van der Waals surface area contributed by atoms with Crippen molar-refractivity contribution in [3.05, 3.63) is 16.7 Å². The third-order valence-corrected chi connectivity index (χ3v) is 4.93. The summed E-state index contributed by atoms with van der Waals surface area (Å²) in [5, 5.41) is 9.60. The number of fused-ring (bicyclic) bond motifs is 1. The first-order chi connectivity index (χ1) is 9.38. The van der Waals surface area contributed by atoms with Gasteiger partial charge in [-0.3, -0.25) is 9.36 Å². The van der Waals surface area contributed by atoms with Gasteiger partial charge in [-0.25, -0.2) is 9.97 Å². The number of carboxylic acid groups (broad SMARTS) is 1. The summed E-state index contributed by atoms with van der Waals surface area (Å²) in [5.74, 6) is -0.824. The molecule has 1 aliphatic carbocycles. The lowest BCUT2D eigenvalue weighted by Gasteiger charge is -2.09. The van der Waals surface area contributed by atoms with Crippen LogP contribution in [0.3, 0.4) is 0 Å². The van der Waals surface area contributed by atoms with E-state index in [1.165, 1.54) is 11.8 Å². The average Bonchev–Trinajstić information content (AvgIpc) is 2.82. The number of hydrogen-bond donors (Lipinski definition) is 1. The van der Waals surface area contributed by atoms with Gasteiger partial charge in [0, 0.05) is 16.7 Å². The van der Waals surface area contributed by atoms with Crippen molar-refractivity contribution in [2.45, 2.75) is 31.5 Å². The van der Waals surface area contributed by atoms with E-state index in [0.29, 0.717) is 6.04 Å². The molecule has 0 spiro atoms. The molecule has 1 aliphatic rings. The smallest absolute Gasteiger partial charge is 0.313 e. The number of hydrogen-bond acceptors (Lipinski definition) is 4. The summed E-state index contributed by atoms with van der Waals surface area (Å²) >= 11 is 4.64. The van der Waals surface area contributed by atoms with Crippen LogP contribution in [0.4, 0.5) is 0 Å². The van der Waals surface area contributed by atoms with Gasteiger partial charge in [-0.15, -0.1) is 0 Å². The first-order valence-electron chi connectivity index (χ1n) is 6.26. The number of carbonyl (C=O) groups is 1. The molecule has 0 bridgehead atoms. The number of thioether (sulfide) groups is 1. The Morgan fingerprint density at radius 3 is 2.95 bits per heavy atom. The fraction of sp³-hybridized carbons (Fsp3) is 0.462. The number of imidazole rings is 1.